The average Bonchev–Trinajstić information content (AvgIpc) is 2.93. The highest BCUT2D eigenvalue weighted by Crippen LogP contribution is 2.30. The Bertz CT molecular complexity index is 540. The molecule has 0 saturated carbocycles. The normalized spacial score (nSPS) is 14.1. The van der Waals surface area contributed by atoms with Crippen molar-refractivity contribution in [2.45, 2.75) is 103 Å². The summed E-state index contributed by atoms with van der Waals surface area (Å²) in [5.41, 5.74) is 1.27. The van der Waals surface area contributed by atoms with Gasteiger partial charge in [-0.1, -0.05) is 121 Å². The molecule has 27 heavy (non-hydrogen) atoms. The first-order valence-corrected chi connectivity index (χ1v) is 11.4. The summed E-state index contributed by atoms with van der Waals surface area (Å²) in [5, 5.41) is 0. The van der Waals surface area contributed by atoms with Crippen LogP contribution in [0.5, 0.6) is 0 Å². The molecule has 0 saturated heterocycles. The SMILES string of the molecule is CCCCCCCCCCCCCCCCC1C(=O)c2ccccc2C1=O. The summed E-state index contributed by atoms with van der Waals surface area (Å²) >= 11 is 0. The molecule has 0 atom stereocenters. The molecule has 0 heterocycles. The standard InChI is InChI=1S/C25H38O2/c1-2-3-4-5-6-7-8-9-10-11-12-13-14-15-20-23-24(26)21-18-16-17-19-22(21)25(23)27/h16-19,23H,2-15,20H2,1H3. The molecule has 1 aromatic rings. The van der Waals surface area contributed by atoms with Gasteiger partial charge in [0, 0.05) is 11.1 Å². The Morgan fingerprint density at radius 2 is 0.963 bits per heavy atom. The Kier molecular flexibility index (Phi) is 10.4. The van der Waals surface area contributed by atoms with E-state index in [4.69, 9.17) is 0 Å². The van der Waals surface area contributed by atoms with Crippen molar-refractivity contribution in [3.63, 3.8) is 0 Å². The zero-order valence-electron chi connectivity index (χ0n) is 17.3. The zero-order chi connectivity index (χ0) is 19.3. The first kappa shape index (κ1) is 21.9. The summed E-state index contributed by atoms with van der Waals surface area (Å²) in [6, 6.07) is 7.28. The van der Waals surface area contributed by atoms with Gasteiger partial charge in [-0.3, -0.25) is 9.59 Å². The lowest BCUT2D eigenvalue weighted by Crippen LogP contribution is -2.14. The number of Topliss-reactive ketones (excluding diaryl/α,β-unsaturated/α-hetero) is 2. The van der Waals surface area contributed by atoms with Gasteiger partial charge in [-0.15, -0.1) is 0 Å². The lowest BCUT2D eigenvalue weighted by atomic mass is 9.96. The quantitative estimate of drug-likeness (QED) is 0.236. The van der Waals surface area contributed by atoms with E-state index >= 15 is 0 Å². The molecule has 1 aromatic carbocycles. The van der Waals surface area contributed by atoms with Gasteiger partial charge in [0.1, 0.15) is 0 Å². The van der Waals surface area contributed by atoms with Crippen molar-refractivity contribution >= 4 is 11.6 Å². The number of benzene rings is 1. The summed E-state index contributed by atoms with van der Waals surface area (Å²) in [6.07, 6.45) is 19.3. The highest BCUT2D eigenvalue weighted by molar-refractivity contribution is 6.26. The van der Waals surface area contributed by atoms with E-state index in [0.29, 0.717) is 11.1 Å². The number of hydrogen-bond donors (Lipinski definition) is 0. The van der Waals surface area contributed by atoms with E-state index in [1.165, 1.54) is 77.0 Å². The second-order valence-electron chi connectivity index (χ2n) is 8.21. The Balaban J connectivity index is 1.43. The number of carbonyl (C=O) groups is 2. The Labute approximate surface area is 166 Å². The van der Waals surface area contributed by atoms with Gasteiger partial charge in [-0.25, -0.2) is 0 Å². The van der Waals surface area contributed by atoms with E-state index < -0.39 is 5.92 Å². The maximum Gasteiger partial charge on any atom is 0.174 e. The van der Waals surface area contributed by atoms with Crippen LogP contribution in [0.2, 0.25) is 0 Å². The fraction of sp³-hybridized carbons (Fsp3) is 0.680. The Morgan fingerprint density at radius 1 is 0.593 bits per heavy atom. The molecule has 0 aromatic heterocycles. The van der Waals surface area contributed by atoms with E-state index in [1.54, 1.807) is 12.1 Å². The van der Waals surface area contributed by atoms with Crippen LogP contribution in [0, 0.1) is 5.92 Å². The number of unbranched alkanes of at least 4 members (excludes halogenated alkanes) is 13. The van der Waals surface area contributed by atoms with Gasteiger partial charge >= 0.3 is 0 Å². The van der Waals surface area contributed by atoms with Gasteiger partial charge in [-0.2, -0.15) is 0 Å². The Morgan fingerprint density at radius 3 is 1.37 bits per heavy atom. The molecule has 150 valence electrons. The van der Waals surface area contributed by atoms with Gasteiger partial charge in [-0.05, 0) is 6.42 Å². The number of rotatable bonds is 15. The van der Waals surface area contributed by atoms with Crippen LogP contribution in [-0.4, -0.2) is 11.6 Å². The third-order valence-corrected chi connectivity index (χ3v) is 5.94. The minimum Gasteiger partial charge on any atom is -0.293 e. The molecule has 1 aliphatic rings. The molecule has 0 unspecified atom stereocenters. The summed E-state index contributed by atoms with van der Waals surface area (Å²) in [6.45, 7) is 2.27. The summed E-state index contributed by atoms with van der Waals surface area (Å²) < 4.78 is 0. The van der Waals surface area contributed by atoms with Gasteiger partial charge in [0.2, 0.25) is 0 Å². The van der Waals surface area contributed by atoms with Crippen LogP contribution in [-0.2, 0) is 0 Å². The number of fused-ring (bicyclic) bond motifs is 1. The van der Waals surface area contributed by atoms with Crippen molar-refractivity contribution in [1.29, 1.82) is 0 Å². The van der Waals surface area contributed by atoms with E-state index in [-0.39, 0.29) is 11.6 Å². The molecule has 0 amide bonds. The largest absolute Gasteiger partial charge is 0.293 e. The van der Waals surface area contributed by atoms with Crippen LogP contribution >= 0.6 is 0 Å². The monoisotopic (exact) mass is 370 g/mol. The van der Waals surface area contributed by atoms with Crippen LogP contribution in [0.25, 0.3) is 0 Å². The molecule has 0 bridgehead atoms. The molecule has 0 spiro atoms. The van der Waals surface area contributed by atoms with Crippen molar-refractivity contribution in [3.8, 4) is 0 Å². The average molecular weight is 371 g/mol. The maximum absolute atomic E-state index is 12.4. The van der Waals surface area contributed by atoms with Gasteiger partial charge in [0.05, 0.1) is 5.92 Å². The van der Waals surface area contributed by atoms with Crippen LogP contribution in [0.15, 0.2) is 24.3 Å². The molecule has 0 radical (unpaired) electrons. The van der Waals surface area contributed by atoms with Crippen LogP contribution in [0.1, 0.15) is 124 Å². The first-order valence-electron chi connectivity index (χ1n) is 11.4. The van der Waals surface area contributed by atoms with Crippen molar-refractivity contribution in [3.05, 3.63) is 35.4 Å². The molecule has 2 nitrogen and oxygen atoms in total. The van der Waals surface area contributed by atoms with Gasteiger partial charge in [0.25, 0.3) is 0 Å². The second-order valence-corrected chi connectivity index (χ2v) is 8.21. The van der Waals surface area contributed by atoms with Crippen LogP contribution in [0.3, 0.4) is 0 Å². The van der Waals surface area contributed by atoms with Crippen molar-refractivity contribution in [2.24, 2.45) is 5.92 Å². The van der Waals surface area contributed by atoms with Gasteiger partial charge < -0.3 is 0 Å². The maximum atomic E-state index is 12.4. The number of hydrogen-bond acceptors (Lipinski definition) is 2. The van der Waals surface area contributed by atoms with E-state index in [0.717, 1.165) is 19.3 Å². The summed E-state index contributed by atoms with van der Waals surface area (Å²) in [5.74, 6) is -0.310. The number of carbonyl (C=O) groups excluding carboxylic acids is 2. The number of ketones is 2. The molecular weight excluding hydrogens is 332 g/mol. The molecule has 0 fully saturated rings. The highest BCUT2D eigenvalue weighted by Gasteiger charge is 2.37. The molecule has 2 rings (SSSR count). The van der Waals surface area contributed by atoms with E-state index in [2.05, 4.69) is 6.92 Å². The molecule has 0 aliphatic heterocycles. The molecule has 2 heteroatoms. The van der Waals surface area contributed by atoms with Crippen LogP contribution < -0.4 is 0 Å². The third kappa shape index (κ3) is 7.24. The lowest BCUT2D eigenvalue weighted by Gasteiger charge is -2.07. The van der Waals surface area contributed by atoms with Crippen molar-refractivity contribution in [1.82, 2.24) is 0 Å². The van der Waals surface area contributed by atoms with E-state index in [1.807, 2.05) is 12.1 Å². The van der Waals surface area contributed by atoms with Crippen molar-refractivity contribution < 1.29 is 9.59 Å². The molecule has 0 N–H and O–H groups in total. The second kappa shape index (κ2) is 12.9. The predicted octanol–water partition coefficient (Wildman–Crippen LogP) is 7.55. The van der Waals surface area contributed by atoms with Crippen LogP contribution in [0.4, 0.5) is 0 Å². The predicted molar refractivity (Wildman–Crippen MR) is 114 cm³/mol. The topological polar surface area (TPSA) is 34.1 Å². The molecular formula is C25H38O2. The summed E-state index contributed by atoms with van der Waals surface area (Å²) in [4.78, 5) is 24.7. The Hall–Kier alpha value is -1.44. The minimum absolute atomic E-state index is 0.0466. The molecule has 1 aliphatic carbocycles. The zero-order valence-corrected chi connectivity index (χ0v) is 17.3. The smallest absolute Gasteiger partial charge is 0.174 e. The summed E-state index contributed by atoms with van der Waals surface area (Å²) in [7, 11) is 0. The highest BCUT2D eigenvalue weighted by atomic mass is 16.2. The first-order chi connectivity index (χ1) is 13.3. The fourth-order valence-electron chi connectivity index (χ4n) is 4.21. The van der Waals surface area contributed by atoms with E-state index in [9.17, 15) is 9.59 Å². The lowest BCUT2D eigenvalue weighted by molar-refractivity contribution is 0.0829. The minimum atomic E-state index is -0.403. The fourth-order valence-corrected chi connectivity index (χ4v) is 4.21. The third-order valence-electron chi connectivity index (χ3n) is 5.94. The van der Waals surface area contributed by atoms with Gasteiger partial charge in [0.15, 0.2) is 11.6 Å². The van der Waals surface area contributed by atoms with Crippen molar-refractivity contribution in [2.75, 3.05) is 0 Å².